The predicted octanol–water partition coefficient (Wildman–Crippen LogP) is 3.82. The summed E-state index contributed by atoms with van der Waals surface area (Å²) in [5.41, 5.74) is 5.97. The van der Waals surface area contributed by atoms with E-state index >= 15 is 0 Å². The molecule has 2 aromatic carbocycles. The van der Waals surface area contributed by atoms with E-state index in [1.54, 1.807) is 18.9 Å². The minimum Gasteiger partial charge on any atom is -0.325 e. The molecule has 27 heavy (non-hydrogen) atoms. The van der Waals surface area contributed by atoms with Gasteiger partial charge in [0.15, 0.2) is 0 Å². The molecule has 5 heteroatoms. The standard InChI is InChI=1S/C22H29N3O2/c1-14-7-9-19(10-8-14)23-20(26)13-25(6)18(5)22(27)24-21-16(3)11-15(2)12-17(21)4/h7-12,18H,13H2,1-6H3,(H,23,26)(H,24,27). The molecule has 144 valence electrons. The second-order valence-corrected chi connectivity index (χ2v) is 7.27. The summed E-state index contributed by atoms with van der Waals surface area (Å²) in [4.78, 5) is 26.6. The van der Waals surface area contributed by atoms with Crippen molar-refractivity contribution in [3.63, 3.8) is 0 Å². The molecule has 0 saturated heterocycles. The molecular weight excluding hydrogens is 338 g/mol. The third-order valence-electron chi connectivity index (χ3n) is 4.69. The van der Waals surface area contributed by atoms with Gasteiger partial charge in [-0.1, -0.05) is 35.4 Å². The smallest absolute Gasteiger partial charge is 0.241 e. The Balaban J connectivity index is 1.95. The minimum atomic E-state index is -0.436. The molecule has 0 aromatic heterocycles. The number of anilines is 2. The molecule has 5 nitrogen and oxygen atoms in total. The summed E-state index contributed by atoms with van der Waals surface area (Å²) in [6, 6.07) is 11.3. The van der Waals surface area contributed by atoms with Crippen molar-refractivity contribution in [2.75, 3.05) is 24.2 Å². The highest BCUT2D eigenvalue weighted by Gasteiger charge is 2.21. The first-order valence-electron chi connectivity index (χ1n) is 9.13. The van der Waals surface area contributed by atoms with Gasteiger partial charge in [-0.25, -0.2) is 0 Å². The molecule has 0 heterocycles. The molecule has 2 rings (SSSR count). The van der Waals surface area contributed by atoms with Gasteiger partial charge in [0.1, 0.15) is 0 Å². The van der Waals surface area contributed by atoms with Gasteiger partial charge in [-0.2, -0.15) is 0 Å². The molecule has 0 aliphatic heterocycles. The number of nitrogens with zero attached hydrogens (tertiary/aromatic N) is 1. The lowest BCUT2D eigenvalue weighted by Gasteiger charge is -2.24. The molecule has 2 aromatic rings. The normalized spacial score (nSPS) is 12.0. The summed E-state index contributed by atoms with van der Waals surface area (Å²) in [6.45, 7) is 9.94. The fraction of sp³-hybridized carbons (Fsp3) is 0.364. The van der Waals surface area contributed by atoms with Gasteiger partial charge in [0.2, 0.25) is 11.8 Å². The number of rotatable bonds is 6. The zero-order valence-corrected chi connectivity index (χ0v) is 17.0. The van der Waals surface area contributed by atoms with Gasteiger partial charge in [-0.15, -0.1) is 0 Å². The van der Waals surface area contributed by atoms with Crippen molar-refractivity contribution in [3.8, 4) is 0 Å². The Morgan fingerprint density at radius 3 is 2.04 bits per heavy atom. The van der Waals surface area contributed by atoms with Crippen LogP contribution >= 0.6 is 0 Å². The van der Waals surface area contributed by atoms with Crippen LogP contribution in [0.15, 0.2) is 36.4 Å². The van der Waals surface area contributed by atoms with Crippen LogP contribution in [0.2, 0.25) is 0 Å². The van der Waals surface area contributed by atoms with E-state index in [9.17, 15) is 9.59 Å². The molecule has 1 atom stereocenters. The van der Waals surface area contributed by atoms with E-state index in [0.717, 1.165) is 28.1 Å². The Hall–Kier alpha value is -2.66. The van der Waals surface area contributed by atoms with Crippen molar-refractivity contribution in [3.05, 3.63) is 58.7 Å². The van der Waals surface area contributed by atoms with E-state index in [0.29, 0.717) is 0 Å². The average Bonchev–Trinajstić information content (AvgIpc) is 2.59. The van der Waals surface area contributed by atoms with E-state index in [4.69, 9.17) is 0 Å². The number of aryl methyl sites for hydroxylation is 4. The summed E-state index contributed by atoms with van der Waals surface area (Å²) < 4.78 is 0. The van der Waals surface area contributed by atoms with Crippen LogP contribution in [0.25, 0.3) is 0 Å². The maximum atomic E-state index is 12.6. The first-order chi connectivity index (χ1) is 12.7. The highest BCUT2D eigenvalue weighted by molar-refractivity contribution is 5.97. The molecule has 0 radical (unpaired) electrons. The maximum absolute atomic E-state index is 12.6. The van der Waals surface area contributed by atoms with Crippen LogP contribution in [0, 0.1) is 27.7 Å². The summed E-state index contributed by atoms with van der Waals surface area (Å²) in [5.74, 6) is -0.278. The van der Waals surface area contributed by atoms with E-state index in [1.807, 2.05) is 64.1 Å². The van der Waals surface area contributed by atoms with Crippen molar-refractivity contribution < 1.29 is 9.59 Å². The third-order valence-corrected chi connectivity index (χ3v) is 4.69. The number of nitrogens with one attached hydrogen (secondary N) is 2. The second-order valence-electron chi connectivity index (χ2n) is 7.27. The number of likely N-dealkylation sites (N-methyl/N-ethyl adjacent to an activating group) is 1. The van der Waals surface area contributed by atoms with Gasteiger partial charge in [0, 0.05) is 11.4 Å². The topological polar surface area (TPSA) is 61.4 Å². The van der Waals surface area contributed by atoms with Crippen LogP contribution < -0.4 is 10.6 Å². The van der Waals surface area contributed by atoms with E-state index in [1.165, 1.54) is 5.56 Å². The molecular formula is C22H29N3O2. The second kappa shape index (κ2) is 8.82. The Morgan fingerprint density at radius 2 is 1.48 bits per heavy atom. The average molecular weight is 367 g/mol. The van der Waals surface area contributed by atoms with Gasteiger partial charge in [-0.3, -0.25) is 14.5 Å². The molecule has 0 aliphatic carbocycles. The number of carbonyl (C=O) groups is 2. The van der Waals surface area contributed by atoms with Crippen molar-refractivity contribution >= 4 is 23.2 Å². The Bertz CT molecular complexity index is 805. The molecule has 1 unspecified atom stereocenters. The summed E-state index contributed by atoms with van der Waals surface area (Å²) in [7, 11) is 1.77. The largest absolute Gasteiger partial charge is 0.325 e. The van der Waals surface area contributed by atoms with Gasteiger partial charge in [0.05, 0.1) is 12.6 Å². The highest BCUT2D eigenvalue weighted by atomic mass is 16.2. The van der Waals surface area contributed by atoms with E-state index < -0.39 is 6.04 Å². The predicted molar refractivity (Wildman–Crippen MR) is 111 cm³/mol. The number of benzene rings is 2. The van der Waals surface area contributed by atoms with Gasteiger partial charge in [0.25, 0.3) is 0 Å². The maximum Gasteiger partial charge on any atom is 0.241 e. The SMILES string of the molecule is Cc1ccc(NC(=O)CN(C)C(C)C(=O)Nc2c(C)cc(C)cc2C)cc1. The van der Waals surface area contributed by atoms with Crippen LogP contribution in [0.1, 0.15) is 29.2 Å². The molecule has 0 aliphatic rings. The molecule has 0 bridgehead atoms. The highest BCUT2D eigenvalue weighted by Crippen LogP contribution is 2.22. The fourth-order valence-corrected chi connectivity index (χ4v) is 3.01. The van der Waals surface area contributed by atoms with E-state index in [-0.39, 0.29) is 18.4 Å². The number of hydrogen-bond donors (Lipinski definition) is 2. The first kappa shape index (κ1) is 20.6. The molecule has 0 fully saturated rings. The number of amides is 2. The third kappa shape index (κ3) is 5.66. The molecule has 2 amide bonds. The van der Waals surface area contributed by atoms with Crippen molar-refractivity contribution in [2.24, 2.45) is 0 Å². The quantitative estimate of drug-likeness (QED) is 0.816. The number of hydrogen-bond acceptors (Lipinski definition) is 3. The zero-order valence-electron chi connectivity index (χ0n) is 17.0. The van der Waals surface area contributed by atoms with Crippen LogP contribution in [-0.2, 0) is 9.59 Å². The lowest BCUT2D eigenvalue weighted by atomic mass is 10.0. The van der Waals surface area contributed by atoms with E-state index in [2.05, 4.69) is 10.6 Å². The van der Waals surface area contributed by atoms with Crippen molar-refractivity contribution in [1.82, 2.24) is 4.90 Å². The summed E-state index contributed by atoms with van der Waals surface area (Å²) in [6.07, 6.45) is 0. The fourth-order valence-electron chi connectivity index (χ4n) is 3.01. The van der Waals surface area contributed by atoms with Crippen molar-refractivity contribution in [1.29, 1.82) is 0 Å². The lowest BCUT2D eigenvalue weighted by molar-refractivity contribution is -0.122. The summed E-state index contributed by atoms with van der Waals surface area (Å²) in [5, 5.41) is 5.86. The first-order valence-corrected chi connectivity index (χ1v) is 9.13. The Labute approximate surface area is 161 Å². The van der Waals surface area contributed by atoms with Crippen LogP contribution in [-0.4, -0.2) is 36.3 Å². The van der Waals surface area contributed by atoms with Gasteiger partial charge >= 0.3 is 0 Å². The summed E-state index contributed by atoms with van der Waals surface area (Å²) >= 11 is 0. The lowest BCUT2D eigenvalue weighted by Crippen LogP contribution is -2.43. The molecule has 0 spiro atoms. The Kier molecular flexibility index (Phi) is 6.75. The van der Waals surface area contributed by atoms with Crippen LogP contribution in [0.5, 0.6) is 0 Å². The van der Waals surface area contributed by atoms with Gasteiger partial charge in [-0.05, 0) is 64.9 Å². The zero-order chi connectivity index (χ0) is 20.1. The molecule has 2 N–H and O–H groups in total. The molecule has 0 saturated carbocycles. The Morgan fingerprint density at radius 1 is 0.926 bits per heavy atom. The van der Waals surface area contributed by atoms with Gasteiger partial charge < -0.3 is 10.6 Å². The monoisotopic (exact) mass is 367 g/mol. The van der Waals surface area contributed by atoms with Crippen molar-refractivity contribution in [2.45, 2.75) is 40.7 Å². The van der Waals surface area contributed by atoms with Crippen LogP contribution in [0.4, 0.5) is 11.4 Å². The minimum absolute atomic E-state index is 0.129. The number of carbonyl (C=O) groups excluding carboxylic acids is 2. The van der Waals surface area contributed by atoms with Crippen LogP contribution in [0.3, 0.4) is 0 Å².